The normalized spacial score (nSPS) is 8.86. The molecular weight excluding hydrogens is 184 g/mol. The van der Waals surface area contributed by atoms with Crippen LogP contribution in [0.15, 0.2) is 43.0 Å². The molecule has 1 aromatic rings. The fourth-order valence-corrected chi connectivity index (χ4v) is 0.729. The summed E-state index contributed by atoms with van der Waals surface area (Å²) in [7, 11) is 0. The Morgan fingerprint density at radius 2 is 1.86 bits per heavy atom. The molecule has 72 valence electrons. The molecule has 0 atom stereocenters. The molecule has 1 rings (SSSR count). The first-order valence-electron chi connectivity index (χ1n) is 3.83. The lowest BCUT2D eigenvalue weighted by atomic mass is 10.3. The van der Waals surface area contributed by atoms with E-state index in [1.54, 1.807) is 30.3 Å². The van der Waals surface area contributed by atoms with Gasteiger partial charge in [0.25, 0.3) is 0 Å². The van der Waals surface area contributed by atoms with E-state index in [-0.39, 0.29) is 0 Å². The highest BCUT2D eigenvalue weighted by Gasteiger charge is 2.08. The van der Waals surface area contributed by atoms with Crippen molar-refractivity contribution in [2.45, 2.75) is 0 Å². The van der Waals surface area contributed by atoms with E-state index in [4.69, 9.17) is 0 Å². The topological polar surface area (TPSA) is 52.6 Å². The van der Waals surface area contributed by atoms with E-state index in [9.17, 15) is 9.59 Å². The Kier molecular flexibility index (Phi) is 3.43. The van der Waals surface area contributed by atoms with Gasteiger partial charge in [-0.3, -0.25) is 0 Å². The van der Waals surface area contributed by atoms with E-state index in [1.165, 1.54) is 0 Å². The lowest BCUT2D eigenvalue weighted by molar-refractivity contribution is -0.133. The highest BCUT2D eigenvalue weighted by Crippen LogP contribution is 2.08. The third-order valence-electron chi connectivity index (χ3n) is 1.29. The van der Waals surface area contributed by atoms with Gasteiger partial charge in [-0.2, -0.15) is 0 Å². The monoisotopic (exact) mass is 192 g/mol. The molecule has 0 N–H and O–H groups in total. The number of carbonyl (C=O) groups is 2. The molecule has 0 heterocycles. The summed E-state index contributed by atoms with van der Waals surface area (Å²) in [4.78, 5) is 21.4. The van der Waals surface area contributed by atoms with E-state index in [1.807, 2.05) is 0 Å². The number of carbonyl (C=O) groups excluding carboxylic acids is 2. The van der Waals surface area contributed by atoms with Crippen LogP contribution in [0.3, 0.4) is 0 Å². The van der Waals surface area contributed by atoms with Gasteiger partial charge in [-0.15, -0.1) is 0 Å². The van der Waals surface area contributed by atoms with Crippen LogP contribution >= 0.6 is 0 Å². The van der Waals surface area contributed by atoms with Gasteiger partial charge < -0.3 is 9.47 Å². The molecule has 0 aromatic heterocycles. The van der Waals surface area contributed by atoms with Gasteiger partial charge in [0.05, 0.1) is 0 Å². The average Bonchev–Trinajstić information content (AvgIpc) is 2.19. The van der Waals surface area contributed by atoms with Gasteiger partial charge in [-0.1, -0.05) is 24.8 Å². The Morgan fingerprint density at radius 1 is 1.21 bits per heavy atom. The number of hydrogen-bond acceptors (Lipinski definition) is 4. The largest absolute Gasteiger partial charge is 0.521 e. The fraction of sp³-hybridized carbons (Fsp3) is 0. The van der Waals surface area contributed by atoms with Crippen LogP contribution in [0.1, 0.15) is 0 Å². The van der Waals surface area contributed by atoms with Crippen molar-refractivity contribution in [2.75, 3.05) is 0 Å². The summed E-state index contributed by atoms with van der Waals surface area (Å²) in [5.74, 6) is -0.528. The standard InChI is InChI=1S/C10H8O4/c1-2-9(11)14-10(12)13-8-6-4-3-5-7-8/h2-7H,1H2. The molecule has 0 saturated carbocycles. The van der Waals surface area contributed by atoms with Crippen molar-refractivity contribution in [3.63, 3.8) is 0 Å². The summed E-state index contributed by atoms with van der Waals surface area (Å²) in [6, 6.07) is 8.29. The van der Waals surface area contributed by atoms with Crippen molar-refractivity contribution < 1.29 is 19.1 Å². The van der Waals surface area contributed by atoms with Crippen LogP contribution < -0.4 is 4.74 Å². The van der Waals surface area contributed by atoms with E-state index in [0.717, 1.165) is 6.08 Å². The van der Waals surface area contributed by atoms with Crippen LogP contribution in [0.5, 0.6) is 5.75 Å². The number of hydrogen-bond donors (Lipinski definition) is 0. The van der Waals surface area contributed by atoms with Crippen molar-refractivity contribution in [2.24, 2.45) is 0 Å². The van der Waals surface area contributed by atoms with Crippen LogP contribution in [-0.2, 0) is 9.53 Å². The molecule has 0 aliphatic rings. The molecule has 0 bridgehead atoms. The highest BCUT2D eigenvalue weighted by atomic mass is 16.7. The summed E-state index contributed by atoms with van der Waals surface area (Å²) in [5.41, 5.74) is 0. The Hall–Kier alpha value is -2.10. The molecule has 0 unspecified atom stereocenters. The smallest absolute Gasteiger partial charge is 0.395 e. The lowest BCUT2D eigenvalue weighted by Crippen LogP contribution is -2.14. The zero-order chi connectivity index (χ0) is 10.4. The average molecular weight is 192 g/mol. The maximum atomic E-state index is 10.9. The molecule has 4 heteroatoms. The lowest BCUT2D eigenvalue weighted by Gasteiger charge is -2.01. The molecule has 0 aliphatic carbocycles. The summed E-state index contributed by atoms with van der Waals surface area (Å²) in [5, 5.41) is 0. The van der Waals surface area contributed by atoms with Gasteiger partial charge in [-0.25, -0.2) is 9.59 Å². The first-order valence-corrected chi connectivity index (χ1v) is 3.83. The highest BCUT2D eigenvalue weighted by molar-refractivity contribution is 5.89. The van der Waals surface area contributed by atoms with Crippen LogP contribution in [0, 0.1) is 0 Å². The van der Waals surface area contributed by atoms with Crippen molar-refractivity contribution in [3.8, 4) is 5.75 Å². The van der Waals surface area contributed by atoms with Crippen LogP contribution in [0.2, 0.25) is 0 Å². The fourth-order valence-electron chi connectivity index (χ4n) is 0.729. The second-order valence-electron chi connectivity index (χ2n) is 2.29. The second kappa shape index (κ2) is 4.81. The number of rotatable bonds is 2. The molecule has 0 fully saturated rings. The molecular formula is C10H8O4. The molecule has 0 radical (unpaired) electrons. The number of ether oxygens (including phenoxy) is 2. The van der Waals surface area contributed by atoms with Crippen molar-refractivity contribution in [3.05, 3.63) is 43.0 Å². The molecule has 1 aromatic carbocycles. The van der Waals surface area contributed by atoms with Crippen molar-refractivity contribution in [1.29, 1.82) is 0 Å². The van der Waals surface area contributed by atoms with Gasteiger partial charge in [0.15, 0.2) is 0 Å². The number of esters is 1. The first kappa shape index (κ1) is 9.98. The second-order valence-corrected chi connectivity index (χ2v) is 2.29. The molecule has 0 aliphatic heterocycles. The van der Waals surface area contributed by atoms with Gasteiger partial charge in [0.2, 0.25) is 0 Å². The van der Waals surface area contributed by atoms with Gasteiger partial charge in [-0.05, 0) is 12.1 Å². The van der Waals surface area contributed by atoms with Gasteiger partial charge in [0.1, 0.15) is 5.75 Å². The SMILES string of the molecule is C=CC(=O)OC(=O)Oc1ccccc1. The molecule has 14 heavy (non-hydrogen) atoms. The van der Waals surface area contributed by atoms with E-state index >= 15 is 0 Å². The first-order chi connectivity index (χ1) is 6.72. The Balaban J connectivity index is 2.50. The van der Waals surface area contributed by atoms with E-state index in [0.29, 0.717) is 5.75 Å². The Morgan fingerprint density at radius 3 is 2.43 bits per heavy atom. The predicted molar refractivity (Wildman–Crippen MR) is 48.8 cm³/mol. The number of para-hydroxylation sites is 1. The summed E-state index contributed by atoms with van der Waals surface area (Å²) >= 11 is 0. The van der Waals surface area contributed by atoms with Crippen molar-refractivity contribution in [1.82, 2.24) is 0 Å². The van der Waals surface area contributed by atoms with Gasteiger partial charge >= 0.3 is 12.1 Å². The Labute approximate surface area is 80.8 Å². The minimum Gasteiger partial charge on any atom is -0.395 e. The third-order valence-corrected chi connectivity index (χ3v) is 1.29. The molecule has 0 amide bonds. The van der Waals surface area contributed by atoms with E-state index < -0.39 is 12.1 Å². The van der Waals surface area contributed by atoms with E-state index in [2.05, 4.69) is 16.1 Å². The summed E-state index contributed by atoms with van der Waals surface area (Å²) in [6.07, 6.45) is -0.187. The molecule has 0 spiro atoms. The predicted octanol–water partition coefficient (Wildman–Crippen LogP) is 1.91. The third kappa shape index (κ3) is 3.10. The minimum atomic E-state index is -1.07. The van der Waals surface area contributed by atoms with Crippen molar-refractivity contribution >= 4 is 12.1 Å². The summed E-state index contributed by atoms with van der Waals surface area (Å²) < 4.78 is 8.84. The van der Waals surface area contributed by atoms with Gasteiger partial charge in [0, 0.05) is 6.08 Å². The minimum absolute atomic E-state index is 0.314. The quantitative estimate of drug-likeness (QED) is 0.311. The maximum absolute atomic E-state index is 10.9. The Bertz CT molecular complexity index is 342. The van der Waals surface area contributed by atoms with Crippen LogP contribution in [-0.4, -0.2) is 12.1 Å². The maximum Gasteiger partial charge on any atom is 0.521 e. The molecule has 4 nitrogen and oxygen atoms in total. The zero-order valence-electron chi connectivity index (χ0n) is 7.30. The van der Waals surface area contributed by atoms with Crippen LogP contribution in [0.4, 0.5) is 4.79 Å². The zero-order valence-corrected chi connectivity index (χ0v) is 7.30. The summed E-state index contributed by atoms with van der Waals surface area (Å²) in [6.45, 7) is 3.14. The molecule has 0 saturated heterocycles. The van der Waals surface area contributed by atoms with Crippen LogP contribution in [0.25, 0.3) is 0 Å². The number of benzene rings is 1.